The van der Waals surface area contributed by atoms with Gasteiger partial charge in [-0.2, -0.15) is 0 Å². The SMILES string of the molecule is C1=C(c2ccc[nH]2)NCC1. The van der Waals surface area contributed by atoms with Gasteiger partial charge in [-0.15, -0.1) is 0 Å². The summed E-state index contributed by atoms with van der Waals surface area (Å²) in [7, 11) is 0. The van der Waals surface area contributed by atoms with Crippen LogP contribution in [0.4, 0.5) is 0 Å². The Morgan fingerprint density at radius 2 is 2.40 bits per heavy atom. The quantitative estimate of drug-likeness (QED) is 0.596. The van der Waals surface area contributed by atoms with Crippen molar-refractivity contribution in [2.45, 2.75) is 6.42 Å². The Morgan fingerprint density at radius 1 is 1.40 bits per heavy atom. The predicted molar refractivity (Wildman–Crippen MR) is 41.4 cm³/mol. The Labute approximate surface area is 60.0 Å². The van der Waals surface area contributed by atoms with Gasteiger partial charge in [-0.25, -0.2) is 0 Å². The lowest BCUT2D eigenvalue weighted by atomic mass is 10.3. The van der Waals surface area contributed by atoms with Gasteiger partial charge in [-0.3, -0.25) is 0 Å². The molecule has 1 aromatic heterocycles. The van der Waals surface area contributed by atoms with Crippen LogP contribution in [0.5, 0.6) is 0 Å². The van der Waals surface area contributed by atoms with E-state index in [1.807, 2.05) is 12.3 Å². The maximum Gasteiger partial charge on any atom is 0.0612 e. The van der Waals surface area contributed by atoms with Crippen LogP contribution in [0.15, 0.2) is 24.4 Å². The van der Waals surface area contributed by atoms with Crippen molar-refractivity contribution in [1.29, 1.82) is 0 Å². The van der Waals surface area contributed by atoms with Crippen molar-refractivity contribution in [3.05, 3.63) is 30.1 Å². The summed E-state index contributed by atoms with van der Waals surface area (Å²) in [6, 6.07) is 4.08. The van der Waals surface area contributed by atoms with Crippen LogP contribution in [0.2, 0.25) is 0 Å². The Bertz CT molecular complexity index is 234. The molecule has 0 saturated heterocycles. The topological polar surface area (TPSA) is 27.8 Å². The molecule has 1 aliphatic rings. The van der Waals surface area contributed by atoms with E-state index in [-0.39, 0.29) is 0 Å². The third-order valence-corrected chi connectivity index (χ3v) is 1.70. The first-order chi connectivity index (χ1) is 4.97. The molecule has 0 aliphatic carbocycles. The molecular formula is C8H10N2. The van der Waals surface area contributed by atoms with Crippen molar-refractivity contribution in [1.82, 2.24) is 10.3 Å². The zero-order valence-electron chi connectivity index (χ0n) is 5.72. The monoisotopic (exact) mass is 134 g/mol. The molecule has 1 aromatic rings. The fourth-order valence-electron chi connectivity index (χ4n) is 1.20. The minimum atomic E-state index is 1.08. The summed E-state index contributed by atoms with van der Waals surface area (Å²) in [6.45, 7) is 1.08. The van der Waals surface area contributed by atoms with Gasteiger partial charge in [0, 0.05) is 12.7 Å². The van der Waals surface area contributed by atoms with E-state index in [1.54, 1.807) is 0 Å². The van der Waals surface area contributed by atoms with Crippen molar-refractivity contribution in [3.63, 3.8) is 0 Å². The van der Waals surface area contributed by atoms with Crippen LogP contribution in [0.25, 0.3) is 5.70 Å². The first kappa shape index (κ1) is 5.59. The molecule has 0 bridgehead atoms. The third kappa shape index (κ3) is 0.817. The molecule has 2 N–H and O–H groups in total. The highest BCUT2D eigenvalue weighted by Crippen LogP contribution is 2.12. The number of rotatable bonds is 1. The molecule has 0 radical (unpaired) electrons. The van der Waals surface area contributed by atoms with Gasteiger partial charge in [-0.1, -0.05) is 6.08 Å². The number of aromatic amines is 1. The molecule has 0 fully saturated rings. The van der Waals surface area contributed by atoms with E-state index < -0.39 is 0 Å². The molecule has 52 valence electrons. The summed E-state index contributed by atoms with van der Waals surface area (Å²) in [5.41, 5.74) is 2.43. The summed E-state index contributed by atoms with van der Waals surface area (Å²) >= 11 is 0. The fraction of sp³-hybridized carbons (Fsp3) is 0.250. The molecule has 1 aliphatic heterocycles. The highest BCUT2D eigenvalue weighted by Gasteiger charge is 2.04. The Hall–Kier alpha value is -1.18. The van der Waals surface area contributed by atoms with E-state index in [4.69, 9.17) is 0 Å². The lowest BCUT2D eigenvalue weighted by molar-refractivity contribution is 0.925. The van der Waals surface area contributed by atoms with Gasteiger partial charge in [0.2, 0.25) is 0 Å². The van der Waals surface area contributed by atoms with Gasteiger partial charge in [0.1, 0.15) is 0 Å². The van der Waals surface area contributed by atoms with Gasteiger partial charge in [0.05, 0.1) is 11.4 Å². The normalized spacial score (nSPS) is 16.6. The standard InChI is InChI=1S/C8H10N2/c1-3-7(9-5-1)8-4-2-6-10-8/h1,3-5,9-10H,2,6H2. The molecule has 2 heterocycles. The number of nitrogens with one attached hydrogen (secondary N) is 2. The average molecular weight is 134 g/mol. The smallest absolute Gasteiger partial charge is 0.0612 e. The maximum absolute atomic E-state index is 3.29. The molecule has 10 heavy (non-hydrogen) atoms. The first-order valence-corrected chi connectivity index (χ1v) is 3.54. The maximum atomic E-state index is 3.29. The minimum Gasteiger partial charge on any atom is -0.383 e. The number of H-pyrrole nitrogens is 1. The van der Waals surface area contributed by atoms with E-state index in [9.17, 15) is 0 Å². The van der Waals surface area contributed by atoms with Crippen molar-refractivity contribution in [2.24, 2.45) is 0 Å². The van der Waals surface area contributed by atoms with Crippen LogP contribution in [-0.2, 0) is 0 Å². The van der Waals surface area contributed by atoms with Crippen molar-refractivity contribution in [3.8, 4) is 0 Å². The fourth-order valence-corrected chi connectivity index (χ4v) is 1.20. The van der Waals surface area contributed by atoms with E-state index in [0.29, 0.717) is 0 Å². The summed E-state index contributed by atoms with van der Waals surface area (Å²) in [5.74, 6) is 0. The molecule has 2 heteroatoms. The second kappa shape index (κ2) is 2.21. The summed E-state index contributed by atoms with van der Waals surface area (Å²) < 4.78 is 0. The summed E-state index contributed by atoms with van der Waals surface area (Å²) in [4.78, 5) is 3.15. The molecule has 0 saturated carbocycles. The van der Waals surface area contributed by atoms with Crippen LogP contribution in [0, 0.1) is 0 Å². The Morgan fingerprint density at radius 3 is 3.00 bits per heavy atom. The van der Waals surface area contributed by atoms with Crippen LogP contribution in [0.1, 0.15) is 12.1 Å². The van der Waals surface area contributed by atoms with Crippen LogP contribution >= 0.6 is 0 Å². The molecule has 2 rings (SSSR count). The molecule has 0 amide bonds. The van der Waals surface area contributed by atoms with Gasteiger partial charge >= 0.3 is 0 Å². The second-order valence-corrected chi connectivity index (χ2v) is 2.42. The van der Waals surface area contributed by atoms with Crippen LogP contribution < -0.4 is 5.32 Å². The Kier molecular flexibility index (Phi) is 1.24. The van der Waals surface area contributed by atoms with E-state index in [1.165, 1.54) is 11.4 Å². The average Bonchev–Trinajstić information content (AvgIpc) is 2.59. The van der Waals surface area contributed by atoms with Gasteiger partial charge < -0.3 is 10.3 Å². The highest BCUT2D eigenvalue weighted by molar-refractivity contribution is 5.62. The molecule has 2 nitrogen and oxygen atoms in total. The van der Waals surface area contributed by atoms with E-state index in [2.05, 4.69) is 22.4 Å². The summed E-state index contributed by atoms with van der Waals surface area (Å²) in [5, 5.41) is 3.29. The van der Waals surface area contributed by atoms with Gasteiger partial charge in [0.15, 0.2) is 0 Å². The van der Waals surface area contributed by atoms with Gasteiger partial charge in [-0.05, 0) is 18.6 Å². The Balaban J connectivity index is 2.28. The van der Waals surface area contributed by atoms with Gasteiger partial charge in [0.25, 0.3) is 0 Å². The number of hydrogen-bond donors (Lipinski definition) is 2. The minimum absolute atomic E-state index is 1.08. The lowest BCUT2D eigenvalue weighted by Crippen LogP contribution is -2.05. The van der Waals surface area contributed by atoms with Crippen LogP contribution in [-0.4, -0.2) is 11.5 Å². The molecule has 0 unspecified atom stereocenters. The van der Waals surface area contributed by atoms with E-state index in [0.717, 1.165) is 13.0 Å². The molecular weight excluding hydrogens is 124 g/mol. The largest absolute Gasteiger partial charge is 0.383 e. The number of aromatic nitrogens is 1. The predicted octanol–water partition coefficient (Wildman–Crippen LogP) is 1.35. The first-order valence-electron chi connectivity index (χ1n) is 3.54. The zero-order valence-corrected chi connectivity index (χ0v) is 5.72. The summed E-state index contributed by atoms with van der Waals surface area (Å²) in [6.07, 6.45) is 5.30. The van der Waals surface area contributed by atoms with Crippen molar-refractivity contribution < 1.29 is 0 Å². The molecule has 0 atom stereocenters. The molecule has 0 spiro atoms. The van der Waals surface area contributed by atoms with Crippen LogP contribution in [0.3, 0.4) is 0 Å². The highest BCUT2D eigenvalue weighted by atomic mass is 14.9. The third-order valence-electron chi connectivity index (χ3n) is 1.70. The van der Waals surface area contributed by atoms with Crippen molar-refractivity contribution >= 4 is 5.70 Å². The second-order valence-electron chi connectivity index (χ2n) is 2.42. The lowest BCUT2D eigenvalue weighted by Gasteiger charge is -1.98. The number of hydrogen-bond acceptors (Lipinski definition) is 1. The van der Waals surface area contributed by atoms with E-state index >= 15 is 0 Å². The zero-order chi connectivity index (χ0) is 6.81. The molecule has 0 aromatic carbocycles. The van der Waals surface area contributed by atoms with Crippen molar-refractivity contribution in [2.75, 3.05) is 6.54 Å².